The summed E-state index contributed by atoms with van der Waals surface area (Å²) in [6, 6.07) is 6.05. The number of para-hydroxylation sites is 1. The van der Waals surface area contributed by atoms with E-state index >= 15 is 8.78 Å². The summed E-state index contributed by atoms with van der Waals surface area (Å²) in [5.41, 5.74) is 2.74. The summed E-state index contributed by atoms with van der Waals surface area (Å²) in [5, 5.41) is 19.6. The molecule has 1 aliphatic rings. The van der Waals surface area contributed by atoms with Gasteiger partial charge in [-0.2, -0.15) is 0 Å². The number of aromatic nitrogens is 2. The summed E-state index contributed by atoms with van der Waals surface area (Å²) in [5.74, 6) is -1.32. The fourth-order valence-corrected chi connectivity index (χ4v) is 5.83. The van der Waals surface area contributed by atoms with Gasteiger partial charge in [0, 0.05) is 39.8 Å². The van der Waals surface area contributed by atoms with E-state index in [0.717, 1.165) is 26.5 Å². The van der Waals surface area contributed by atoms with Crippen molar-refractivity contribution in [2.45, 2.75) is 58.8 Å². The van der Waals surface area contributed by atoms with E-state index in [1.54, 1.807) is 23.5 Å². The lowest BCUT2D eigenvalue weighted by Crippen LogP contribution is -2.54. The van der Waals surface area contributed by atoms with Gasteiger partial charge in [0.25, 0.3) is 0 Å². The molecule has 2 aromatic carbocycles. The van der Waals surface area contributed by atoms with E-state index in [0.29, 0.717) is 23.3 Å². The first-order chi connectivity index (χ1) is 16.1. The van der Waals surface area contributed by atoms with E-state index < -0.39 is 29.3 Å². The number of halogens is 2. The standard InChI is InChI=1S/C26H28F2N4OS/c1-12-10-29-23-15(12)7-6-8-16(23)20-17(27)9-18-21(22(20)28)24(25(33)26(4,5)32-18)30-11-19-13(2)31-14(3)34-19/h6-10,24-25,29-30,32-33H,11H2,1-5H3/t24-,25+/m0/s1. The highest BCUT2D eigenvalue weighted by Crippen LogP contribution is 2.44. The van der Waals surface area contributed by atoms with Gasteiger partial charge in [-0.3, -0.25) is 0 Å². The van der Waals surface area contributed by atoms with Crippen molar-refractivity contribution in [2.24, 2.45) is 0 Å². The monoisotopic (exact) mass is 482 g/mol. The van der Waals surface area contributed by atoms with Crippen molar-refractivity contribution in [1.29, 1.82) is 0 Å². The van der Waals surface area contributed by atoms with Crippen molar-refractivity contribution < 1.29 is 13.9 Å². The van der Waals surface area contributed by atoms with Crippen molar-refractivity contribution in [3.05, 3.63) is 68.8 Å². The zero-order valence-corrected chi connectivity index (χ0v) is 20.6. The smallest absolute Gasteiger partial charge is 0.140 e. The number of hydrogen-bond acceptors (Lipinski definition) is 5. The zero-order valence-electron chi connectivity index (χ0n) is 19.8. The lowest BCUT2D eigenvalue weighted by atomic mass is 9.81. The maximum absolute atomic E-state index is 16.3. The van der Waals surface area contributed by atoms with Crippen LogP contribution in [0, 0.1) is 32.4 Å². The Labute approximate surface area is 201 Å². The van der Waals surface area contributed by atoms with Gasteiger partial charge in [0.15, 0.2) is 0 Å². The van der Waals surface area contributed by atoms with E-state index in [1.165, 1.54) is 6.07 Å². The SMILES string of the molecule is Cc1nc(C)c(CN[C@H]2c3c(cc(F)c(-c4cccc5c(C)c[nH]c45)c3F)NC(C)(C)[C@@H]2O)s1. The number of hydrogen-bond donors (Lipinski definition) is 4. The van der Waals surface area contributed by atoms with Crippen LogP contribution in [0.3, 0.4) is 0 Å². The van der Waals surface area contributed by atoms with Crippen LogP contribution in [0.5, 0.6) is 0 Å². The molecule has 2 atom stereocenters. The van der Waals surface area contributed by atoms with Crippen LogP contribution in [0.15, 0.2) is 30.5 Å². The Morgan fingerprint density at radius 1 is 1.21 bits per heavy atom. The van der Waals surface area contributed by atoms with E-state index in [4.69, 9.17) is 0 Å². The molecule has 0 amide bonds. The van der Waals surface area contributed by atoms with Gasteiger partial charge in [-0.15, -0.1) is 11.3 Å². The molecule has 178 valence electrons. The van der Waals surface area contributed by atoms with Gasteiger partial charge >= 0.3 is 0 Å². The highest BCUT2D eigenvalue weighted by molar-refractivity contribution is 7.11. The molecule has 3 heterocycles. The Morgan fingerprint density at radius 2 is 1.97 bits per heavy atom. The molecule has 0 spiro atoms. The second-order valence-electron chi connectivity index (χ2n) is 9.60. The van der Waals surface area contributed by atoms with Gasteiger partial charge < -0.3 is 20.7 Å². The van der Waals surface area contributed by atoms with Gasteiger partial charge in [0.1, 0.15) is 11.6 Å². The molecule has 34 heavy (non-hydrogen) atoms. The maximum atomic E-state index is 16.3. The molecule has 2 aromatic heterocycles. The summed E-state index contributed by atoms with van der Waals surface area (Å²) in [6.45, 7) is 9.90. The average Bonchev–Trinajstić information content (AvgIpc) is 3.30. The van der Waals surface area contributed by atoms with E-state index in [9.17, 15) is 5.11 Å². The van der Waals surface area contributed by atoms with E-state index in [1.807, 2.05) is 46.9 Å². The zero-order chi connectivity index (χ0) is 24.4. The van der Waals surface area contributed by atoms with Gasteiger partial charge in [-0.25, -0.2) is 13.8 Å². The first-order valence-electron chi connectivity index (χ1n) is 11.3. The van der Waals surface area contributed by atoms with Crippen LogP contribution in [-0.2, 0) is 6.54 Å². The number of nitrogens with zero attached hydrogens (tertiary/aromatic N) is 1. The summed E-state index contributed by atoms with van der Waals surface area (Å²) >= 11 is 1.57. The number of nitrogens with one attached hydrogen (secondary N) is 3. The molecule has 8 heteroatoms. The first kappa shape index (κ1) is 23.0. The fraction of sp³-hybridized carbons (Fsp3) is 0.346. The first-order valence-corrected chi connectivity index (χ1v) is 12.1. The Bertz CT molecular complexity index is 1410. The number of anilines is 1. The molecule has 5 nitrogen and oxygen atoms in total. The number of aliphatic hydroxyl groups excluding tert-OH is 1. The van der Waals surface area contributed by atoms with Crippen molar-refractivity contribution in [3.63, 3.8) is 0 Å². The molecule has 5 rings (SSSR count). The number of H-pyrrole nitrogens is 1. The van der Waals surface area contributed by atoms with E-state index in [-0.39, 0.29) is 11.1 Å². The number of aryl methyl sites for hydroxylation is 3. The largest absolute Gasteiger partial charge is 0.389 e. The molecule has 0 fully saturated rings. The fourth-order valence-electron chi connectivity index (χ4n) is 4.94. The van der Waals surface area contributed by atoms with Crippen LogP contribution in [-0.4, -0.2) is 26.7 Å². The Morgan fingerprint density at radius 3 is 2.68 bits per heavy atom. The summed E-state index contributed by atoms with van der Waals surface area (Å²) < 4.78 is 31.7. The maximum Gasteiger partial charge on any atom is 0.140 e. The van der Waals surface area contributed by atoms with Crippen LogP contribution in [0.4, 0.5) is 14.5 Å². The third-order valence-corrected chi connectivity index (χ3v) is 7.83. The Hall–Kier alpha value is -2.81. The van der Waals surface area contributed by atoms with Crippen LogP contribution >= 0.6 is 11.3 Å². The minimum Gasteiger partial charge on any atom is -0.389 e. The minimum atomic E-state index is -0.953. The third-order valence-electron chi connectivity index (χ3n) is 6.75. The quantitative estimate of drug-likeness (QED) is 0.293. The normalized spacial score (nSPS) is 19.3. The molecule has 0 unspecified atom stereocenters. The highest BCUT2D eigenvalue weighted by Gasteiger charge is 2.43. The molecule has 0 aliphatic carbocycles. The third kappa shape index (κ3) is 3.61. The number of fused-ring (bicyclic) bond motifs is 2. The molecule has 4 N–H and O–H groups in total. The Kier molecular flexibility index (Phi) is 5.50. The summed E-state index contributed by atoms with van der Waals surface area (Å²) in [4.78, 5) is 8.64. The van der Waals surface area contributed by atoms with Crippen LogP contribution < -0.4 is 10.6 Å². The number of rotatable bonds is 4. The van der Waals surface area contributed by atoms with Crippen molar-refractivity contribution >= 4 is 27.9 Å². The Balaban J connectivity index is 1.65. The molecule has 0 bridgehead atoms. The molecule has 4 aromatic rings. The van der Waals surface area contributed by atoms with Crippen LogP contribution in [0.2, 0.25) is 0 Å². The molecule has 0 saturated heterocycles. The number of aliphatic hydroxyl groups is 1. The molecular weight excluding hydrogens is 454 g/mol. The topological polar surface area (TPSA) is 73.0 Å². The molecule has 0 saturated carbocycles. The highest BCUT2D eigenvalue weighted by atomic mass is 32.1. The molecule has 1 aliphatic heterocycles. The number of aromatic amines is 1. The minimum absolute atomic E-state index is 0.100. The van der Waals surface area contributed by atoms with Crippen molar-refractivity contribution in [3.8, 4) is 11.1 Å². The molecular formula is C26H28F2N4OS. The second-order valence-corrected chi connectivity index (χ2v) is 10.9. The van der Waals surface area contributed by atoms with Gasteiger partial charge in [-0.1, -0.05) is 18.2 Å². The predicted molar refractivity (Wildman–Crippen MR) is 133 cm³/mol. The van der Waals surface area contributed by atoms with Crippen LogP contribution in [0.1, 0.15) is 46.6 Å². The number of benzene rings is 2. The van der Waals surface area contributed by atoms with Gasteiger partial charge in [-0.05, 0) is 46.2 Å². The number of thiazole rings is 1. The van der Waals surface area contributed by atoms with Gasteiger partial charge in [0.2, 0.25) is 0 Å². The summed E-state index contributed by atoms with van der Waals surface area (Å²) in [7, 11) is 0. The molecule has 0 radical (unpaired) electrons. The van der Waals surface area contributed by atoms with Crippen LogP contribution in [0.25, 0.3) is 22.0 Å². The predicted octanol–water partition coefficient (Wildman–Crippen LogP) is 5.89. The lowest BCUT2D eigenvalue weighted by molar-refractivity contribution is 0.0664. The van der Waals surface area contributed by atoms with Crippen molar-refractivity contribution in [2.75, 3.05) is 5.32 Å². The van der Waals surface area contributed by atoms with Crippen molar-refractivity contribution in [1.82, 2.24) is 15.3 Å². The van der Waals surface area contributed by atoms with Gasteiger partial charge in [0.05, 0.1) is 39.5 Å². The summed E-state index contributed by atoms with van der Waals surface area (Å²) in [6.07, 6.45) is 0.880. The lowest BCUT2D eigenvalue weighted by Gasteiger charge is -2.44. The van der Waals surface area contributed by atoms with E-state index in [2.05, 4.69) is 20.6 Å². The second kappa shape index (κ2) is 8.15. The average molecular weight is 483 g/mol.